The van der Waals surface area contributed by atoms with Crippen LogP contribution in [0.5, 0.6) is 5.88 Å². The van der Waals surface area contributed by atoms with Crippen molar-refractivity contribution in [3.63, 3.8) is 0 Å². The van der Waals surface area contributed by atoms with Crippen molar-refractivity contribution < 1.29 is 17.9 Å². The Kier molecular flexibility index (Phi) is 5.90. The number of sulfonamides is 1. The third-order valence-electron chi connectivity index (χ3n) is 7.85. The van der Waals surface area contributed by atoms with Crippen LogP contribution in [0.25, 0.3) is 10.3 Å². The maximum absolute atomic E-state index is 13.6. The van der Waals surface area contributed by atoms with Gasteiger partial charge in [-0.3, -0.25) is 4.79 Å². The van der Waals surface area contributed by atoms with Crippen LogP contribution in [0.4, 0.5) is 10.8 Å². The predicted molar refractivity (Wildman–Crippen MR) is 142 cm³/mol. The molecule has 0 aliphatic carbocycles. The lowest BCUT2D eigenvalue weighted by Gasteiger charge is -2.32. The van der Waals surface area contributed by atoms with Crippen LogP contribution in [0.2, 0.25) is 0 Å². The number of nitrogens with zero attached hydrogens (tertiary/aromatic N) is 6. The molecule has 37 heavy (non-hydrogen) atoms. The van der Waals surface area contributed by atoms with Gasteiger partial charge in [-0.1, -0.05) is 11.3 Å². The largest absolute Gasteiger partial charge is 0.481 e. The first-order valence-electron chi connectivity index (χ1n) is 12.4. The summed E-state index contributed by atoms with van der Waals surface area (Å²) in [5, 5.41) is 0.796. The van der Waals surface area contributed by atoms with Crippen LogP contribution in [-0.4, -0.2) is 98.4 Å². The maximum atomic E-state index is 13.6. The van der Waals surface area contributed by atoms with Gasteiger partial charge in [-0.2, -0.15) is 4.31 Å². The van der Waals surface area contributed by atoms with E-state index in [2.05, 4.69) is 14.8 Å². The highest BCUT2D eigenvalue weighted by Crippen LogP contribution is 2.51. The third kappa shape index (κ3) is 4.06. The molecule has 0 saturated carbocycles. The second-order valence-corrected chi connectivity index (χ2v) is 13.0. The molecular weight excluding hydrogens is 512 g/mol. The predicted octanol–water partition coefficient (Wildman–Crippen LogP) is 2.28. The lowest BCUT2D eigenvalue weighted by atomic mass is 9.81. The molecule has 5 heterocycles. The molecular formula is C25H30N6O4S2. The zero-order chi connectivity index (χ0) is 25.9. The minimum absolute atomic E-state index is 0.0365. The van der Waals surface area contributed by atoms with E-state index < -0.39 is 10.0 Å². The molecule has 0 bridgehead atoms. The van der Waals surface area contributed by atoms with Crippen LogP contribution in [0.1, 0.15) is 18.9 Å². The molecule has 1 unspecified atom stereocenters. The molecule has 6 rings (SSSR count). The molecule has 1 aromatic carbocycles. The van der Waals surface area contributed by atoms with Gasteiger partial charge >= 0.3 is 0 Å². The Morgan fingerprint density at radius 1 is 1.05 bits per heavy atom. The van der Waals surface area contributed by atoms with Crippen LogP contribution in [0.15, 0.2) is 35.2 Å². The van der Waals surface area contributed by atoms with Crippen molar-refractivity contribution >= 4 is 48.4 Å². The average molecular weight is 543 g/mol. The number of piperazine rings is 1. The molecule has 196 valence electrons. The van der Waals surface area contributed by atoms with Gasteiger partial charge in [0.25, 0.3) is 0 Å². The summed E-state index contributed by atoms with van der Waals surface area (Å²) in [7, 11) is -0.0281. The van der Waals surface area contributed by atoms with E-state index in [4.69, 9.17) is 9.72 Å². The van der Waals surface area contributed by atoms with Crippen molar-refractivity contribution in [3.05, 3.63) is 35.9 Å². The second-order valence-electron chi connectivity index (χ2n) is 10.1. The fraction of sp³-hybridized carbons (Fsp3) is 0.480. The van der Waals surface area contributed by atoms with Crippen LogP contribution in [-0.2, 0) is 20.2 Å². The van der Waals surface area contributed by atoms with Gasteiger partial charge in [-0.25, -0.2) is 18.4 Å². The van der Waals surface area contributed by atoms with Gasteiger partial charge in [0.1, 0.15) is 10.3 Å². The fourth-order valence-corrected chi connectivity index (χ4v) is 8.06. The van der Waals surface area contributed by atoms with Crippen molar-refractivity contribution in [2.45, 2.75) is 23.7 Å². The SMILES string of the molecule is COc1ccc2nc(N3CC4(CCN(C(C)=O)C4)c4cc(S(=O)(=O)N5CCN(C)CC5)ccc43)sc2n1. The zero-order valence-electron chi connectivity index (χ0n) is 21.2. The van der Waals surface area contributed by atoms with E-state index in [1.54, 1.807) is 30.5 Å². The van der Waals surface area contributed by atoms with Crippen molar-refractivity contribution in [2.75, 3.05) is 64.9 Å². The van der Waals surface area contributed by atoms with E-state index in [1.807, 2.05) is 30.1 Å². The quantitative estimate of drug-likeness (QED) is 0.495. The summed E-state index contributed by atoms with van der Waals surface area (Å²) >= 11 is 1.48. The maximum Gasteiger partial charge on any atom is 0.243 e. The first-order valence-corrected chi connectivity index (χ1v) is 14.6. The molecule has 2 saturated heterocycles. The Morgan fingerprint density at radius 2 is 1.84 bits per heavy atom. The number of fused-ring (bicyclic) bond motifs is 3. The lowest BCUT2D eigenvalue weighted by molar-refractivity contribution is -0.127. The Labute approximate surface area is 220 Å². The second kappa shape index (κ2) is 8.90. The summed E-state index contributed by atoms with van der Waals surface area (Å²) in [6, 6.07) is 9.16. The number of carbonyl (C=O) groups excluding carboxylic acids is 1. The third-order valence-corrected chi connectivity index (χ3v) is 10.7. The van der Waals surface area contributed by atoms with E-state index >= 15 is 0 Å². The number of aromatic nitrogens is 2. The minimum Gasteiger partial charge on any atom is -0.481 e. The Hall–Kier alpha value is -2.80. The number of rotatable bonds is 4. The molecule has 1 amide bonds. The highest BCUT2D eigenvalue weighted by atomic mass is 32.2. The topological polar surface area (TPSA) is 99.2 Å². The van der Waals surface area contributed by atoms with E-state index in [1.165, 1.54) is 11.3 Å². The number of benzene rings is 1. The van der Waals surface area contributed by atoms with Gasteiger partial charge < -0.3 is 19.4 Å². The molecule has 12 heteroatoms. The molecule has 3 aromatic rings. The normalized spacial score (nSPS) is 22.8. The van der Waals surface area contributed by atoms with Gasteiger partial charge in [0, 0.05) is 69.9 Å². The Morgan fingerprint density at radius 3 is 2.54 bits per heavy atom. The molecule has 1 spiro atoms. The lowest BCUT2D eigenvalue weighted by Crippen LogP contribution is -2.47. The number of anilines is 2. The number of hydrogen-bond donors (Lipinski definition) is 0. The number of hydrogen-bond acceptors (Lipinski definition) is 9. The Bertz CT molecular complexity index is 1480. The molecule has 2 fully saturated rings. The summed E-state index contributed by atoms with van der Waals surface area (Å²) in [6.07, 6.45) is 0.769. The van der Waals surface area contributed by atoms with Crippen molar-refractivity contribution in [1.29, 1.82) is 0 Å². The van der Waals surface area contributed by atoms with Crippen LogP contribution < -0.4 is 9.64 Å². The van der Waals surface area contributed by atoms with Gasteiger partial charge in [0.15, 0.2) is 5.13 Å². The van der Waals surface area contributed by atoms with Gasteiger partial charge in [0.2, 0.25) is 21.8 Å². The number of amides is 1. The van der Waals surface area contributed by atoms with E-state index in [0.29, 0.717) is 56.6 Å². The average Bonchev–Trinajstić information content (AvgIpc) is 3.59. The summed E-state index contributed by atoms with van der Waals surface area (Å²) < 4.78 is 34.1. The van der Waals surface area contributed by atoms with Gasteiger partial charge in [0.05, 0.1) is 12.0 Å². The van der Waals surface area contributed by atoms with Crippen LogP contribution in [0, 0.1) is 0 Å². The standard InChI is InChI=1S/C25H30N6O4S2/c1-17(32)29-9-8-25(15-29)16-31(24-26-20-5-7-22(35-3)27-23(20)36-24)21-6-4-18(14-19(21)25)37(33,34)30-12-10-28(2)11-13-30/h4-7,14H,8-13,15-16H2,1-3H3. The van der Waals surface area contributed by atoms with Crippen molar-refractivity contribution in [2.24, 2.45) is 0 Å². The van der Waals surface area contributed by atoms with E-state index in [9.17, 15) is 13.2 Å². The number of ether oxygens (including phenoxy) is 1. The van der Waals surface area contributed by atoms with Crippen LogP contribution in [0.3, 0.4) is 0 Å². The molecule has 3 aliphatic rings. The molecule has 10 nitrogen and oxygen atoms in total. The first-order chi connectivity index (χ1) is 17.7. The highest BCUT2D eigenvalue weighted by molar-refractivity contribution is 7.89. The summed E-state index contributed by atoms with van der Waals surface area (Å²) in [4.78, 5) is 28.9. The highest BCUT2D eigenvalue weighted by Gasteiger charge is 2.49. The van der Waals surface area contributed by atoms with Crippen molar-refractivity contribution in [1.82, 2.24) is 24.1 Å². The summed E-state index contributed by atoms with van der Waals surface area (Å²) in [5.74, 6) is 0.571. The molecule has 1 atom stereocenters. The number of methoxy groups -OCH3 is 1. The number of pyridine rings is 1. The fourth-order valence-electron chi connectivity index (χ4n) is 5.66. The smallest absolute Gasteiger partial charge is 0.243 e. The van der Waals surface area contributed by atoms with Gasteiger partial charge in [-0.15, -0.1) is 0 Å². The summed E-state index contributed by atoms with van der Waals surface area (Å²) in [5.41, 5.74) is 2.33. The Balaban J connectivity index is 1.42. The molecule has 3 aliphatic heterocycles. The summed E-state index contributed by atoms with van der Waals surface area (Å²) in [6.45, 7) is 5.81. The first kappa shape index (κ1) is 24.5. The van der Waals surface area contributed by atoms with Crippen molar-refractivity contribution in [3.8, 4) is 5.88 Å². The number of likely N-dealkylation sites (N-methyl/N-ethyl adjacent to an activating group) is 1. The van der Waals surface area contributed by atoms with Gasteiger partial charge in [-0.05, 0) is 43.3 Å². The molecule has 2 aromatic heterocycles. The zero-order valence-corrected chi connectivity index (χ0v) is 22.8. The number of thiazole rings is 1. The monoisotopic (exact) mass is 542 g/mol. The molecule has 0 N–H and O–H groups in total. The van der Waals surface area contributed by atoms with E-state index in [-0.39, 0.29) is 11.3 Å². The number of likely N-dealkylation sites (tertiary alicyclic amines) is 1. The minimum atomic E-state index is -3.62. The van der Waals surface area contributed by atoms with E-state index in [0.717, 1.165) is 33.2 Å². The number of carbonyl (C=O) groups is 1. The van der Waals surface area contributed by atoms with Crippen LogP contribution >= 0.6 is 11.3 Å². The molecule has 0 radical (unpaired) electrons.